The lowest BCUT2D eigenvalue weighted by atomic mass is 10.3. The van der Waals surface area contributed by atoms with Gasteiger partial charge in [0.1, 0.15) is 12.4 Å². The molecule has 1 heterocycles. The highest BCUT2D eigenvalue weighted by atomic mass is 19.1. The third-order valence-corrected chi connectivity index (χ3v) is 2.21. The fraction of sp³-hybridized carbons (Fsp3) is 0.167. The summed E-state index contributed by atoms with van der Waals surface area (Å²) in [4.78, 5) is 8.03. The average molecular weight is 251 g/mol. The van der Waals surface area contributed by atoms with Crippen molar-refractivity contribution in [2.24, 2.45) is 0 Å². The van der Waals surface area contributed by atoms with Crippen molar-refractivity contribution >= 4 is 5.95 Å². The molecule has 0 radical (unpaired) electrons. The molecule has 0 spiro atoms. The molecule has 0 aliphatic carbocycles. The second-order valence-electron chi connectivity index (χ2n) is 3.49. The summed E-state index contributed by atoms with van der Waals surface area (Å²) in [5, 5.41) is 2.77. The molecular weight excluding hydrogens is 240 g/mol. The second kappa shape index (κ2) is 5.39. The Morgan fingerprint density at radius 3 is 2.89 bits per heavy atom. The molecule has 18 heavy (non-hydrogen) atoms. The first-order valence-corrected chi connectivity index (χ1v) is 5.26. The van der Waals surface area contributed by atoms with Gasteiger partial charge in [-0.05, 0) is 18.2 Å². The first-order chi connectivity index (χ1) is 8.69. The lowest BCUT2D eigenvalue weighted by Crippen LogP contribution is -2.03. The Hall–Kier alpha value is -2.24. The Balaban J connectivity index is 2.08. The van der Waals surface area contributed by atoms with Crippen LogP contribution in [-0.4, -0.2) is 17.0 Å². The van der Waals surface area contributed by atoms with E-state index in [0.29, 0.717) is 11.6 Å². The summed E-state index contributed by atoms with van der Waals surface area (Å²) in [5.41, 5.74) is 0.568. The van der Waals surface area contributed by atoms with E-state index >= 15 is 0 Å². The van der Waals surface area contributed by atoms with Gasteiger partial charge >= 0.3 is 0 Å². The summed E-state index contributed by atoms with van der Waals surface area (Å²) in [7, 11) is 1.69. The molecule has 2 rings (SSSR count). The van der Waals surface area contributed by atoms with Crippen LogP contribution in [0.25, 0.3) is 0 Å². The van der Waals surface area contributed by atoms with Crippen LogP contribution in [0, 0.1) is 11.6 Å². The van der Waals surface area contributed by atoms with Crippen LogP contribution in [-0.2, 0) is 6.61 Å². The molecule has 1 aromatic carbocycles. The molecule has 0 saturated carbocycles. The monoisotopic (exact) mass is 251 g/mol. The van der Waals surface area contributed by atoms with Crippen molar-refractivity contribution in [3.63, 3.8) is 0 Å². The summed E-state index contributed by atoms with van der Waals surface area (Å²) >= 11 is 0. The molecule has 0 fully saturated rings. The van der Waals surface area contributed by atoms with Gasteiger partial charge in [-0.25, -0.2) is 18.7 Å². The fourth-order valence-corrected chi connectivity index (χ4v) is 1.34. The summed E-state index contributed by atoms with van der Waals surface area (Å²) in [6.45, 7) is 0.0393. The van der Waals surface area contributed by atoms with E-state index in [1.165, 1.54) is 0 Å². The van der Waals surface area contributed by atoms with Crippen LogP contribution >= 0.6 is 0 Å². The first kappa shape index (κ1) is 12.2. The van der Waals surface area contributed by atoms with Gasteiger partial charge in [0.15, 0.2) is 11.6 Å². The number of halogens is 2. The van der Waals surface area contributed by atoms with Crippen LogP contribution in [0.3, 0.4) is 0 Å². The van der Waals surface area contributed by atoms with Gasteiger partial charge in [-0.1, -0.05) is 0 Å². The molecule has 2 aromatic rings. The molecule has 94 valence electrons. The minimum Gasteiger partial charge on any atom is -0.484 e. The van der Waals surface area contributed by atoms with E-state index in [0.717, 1.165) is 18.2 Å². The Morgan fingerprint density at radius 1 is 1.28 bits per heavy atom. The zero-order valence-electron chi connectivity index (χ0n) is 9.65. The van der Waals surface area contributed by atoms with Crippen molar-refractivity contribution in [3.8, 4) is 5.75 Å². The lowest BCUT2D eigenvalue weighted by Gasteiger charge is -2.07. The first-order valence-electron chi connectivity index (χ1n) is 5.26. The summed E-state index contributed by atoms with van der Waals surface area (Å²) < 4.78 is 31.4. The van der Waals surface area contributed by atoms with Gasteiger partial charge in [0.25, 0.3) is 0 Å². The Kier molecular flexibility index (Phi) is 3.66. The van der Waals surface area contributed by atoms with E-state index in [1.807, 2.05) is 0 Å². The van der Waals surface area contributed by atoms with Gasteiger partial charge in [0.2, 0.25) is 5.95 Å². The zero-order valence-corrected chi connectivity index (χ0v) is 9.65. The molecular formula is C12H11F2N3O. The van der Waals surface area contributed by atoms with Crippen LogP contribution in [0.4, 0.5) is 14.7 Å². The summed E-state index contributed by atoms with van der Waals surface area (Å²) in [6.07, 6.45) is 1.56. The smallest absolute Gasteiger partial charge is 0.222 e. The predicted molar refractivity (Wildman–Crippen MR) is 62.3 cm³/mol. The maximum Gasteiger partial charge on any atom is 0.222 e. The standard InChI is InChI=1S/C12H11F2N3O/c1-15-12-16-5-4-9(17-12)7-18-11-6-8(13)2-3-10(11)14/h2-6H,7H2,1H3,(H,15,16,17). The number of ether oxygens (including phenoxy) is 1. The van der Waals surface area contributed by atoms with Crippen LogP contribution in [0.2, 0.25) is 0 Å². The van der Waals surface area contributed by atoms with E-state index < -0.39 is 11.6 Å². The molecule has 1 N–H and O–H groups in total. The van der Waals surface area contributed by atoms with E-state index in [9.17, 15) is 8.78 Å². The molecule has 0 aliphatic heterocycles. The molecule has 0 aliphatic rings. The minimum absolute atomic E-state index is 0.0393. The maximum absolute atomic E-state index is 13.3. The molecule has 0 saturated heterocycles. The molecule has 4 nitrogen and oxygen atoms in total. The SMILES string of the molecule is CNc1nccc(COc2cc(F)ccc2F)n1. The van der Waals surface area contributed by atoms with Crippen LogP contribution in [0.15, 0.2) is 30.5 Å². The Morgan fingerprint density at radius 2 is 2.11 bits per heavy atom. The zero-order chi connectivity index (χ0) is 13.0. The molecule has 0 unspecified atom stereocenters. The van der Waals surface area contributed by atoms with Gasteiger partial charge in [0, 0.05) is 19.3 Å². The number of rotatable bonds is 4. The molecule has 0 amide bonds. The molecule has 6 heteroatoms. The van der Waals surface area contributed by atoms with E-state index in [2.05, 4.69) is 15.3 Å². The van der Waals surface area contributed by atoms with Crippen molar-refractivity contribution in [2.45, 2.75) is 6.61 Å². The van der Waals surface area contributed by atoms with Gasteiger partial charge in [-0.15, -0.1) is 0 Å². The number of benzene rings is 1. The largest absolute Gasteiger partial charge is 0.484 e. The normalized spacial score (nSPS) is 10.2. The van der Waals surface area contributed by atoms with E-state index in [4.69, 9.17) is 4.74 Å². The molecule has 0 bridgehead atoms. The van der Waals surface area contributed by atoms with Crippen molar-refractivity contribution in [1.29, 1.82) is 0 Å². The molecule has 0 atom stereocenters. The number of nitrogens with zero attached hydrogens (tertiary/aromatic N) is 2. The van der Waals surface area contributed by atoms with Gasteiger partial charge in [0.05, 0.1) is 5.69 Å². The number of hydrogen-bond acceptors (Lipinski definition) is 4. The quantitative estimate of drug-likeness (QED) is 0.906. The highest BCUT2D eigenvalue weighted by Gasteiger charge is 2.06. The summed E-state index contributed by atoms with van der Waals surface area (Å²) in [6, 6.07) is 4.68. The topological polar surface area (TPSA) is 47.0 Å². The van der Waals surface area contributed by atoms with Crippen LogP contribution in [0.5, 0.6) is 5.75 Å². The van der Waals surface area contributed by atoms with E-state index in [-0.39, 0.29) is 12.4 Å². The number of nitrogens with one attached hydrogen (secondary N) is 1. The third kappa shape index (κ3) is 2.91. The summed E-state index contributed by atoms with van der Waals surface area (Å²) in [5.74, 6) is -0.861. The van der Waals surface area contributed by atoms with Crippen LogP contribution < -0.4 is 10.1 Å². The minimum atomic E-state index is -0.612. The maximum atomic E-state index is 13.3. The van der Waals surface area contributed by atoms with Gasteiger partial charge in [-0.3, -0.25) is 0 Å². The second-order valence-corrected chi connectivity index (χ2v) is 3.49. The highest BCUT2D eigenvalue weighted by Crippen LogP contribution is 2.19. The number of anilines is 1. The van der Waals surface area contributed by atoms with Crippen molar-refractivity contribution in [1.82, 2.24) is 9.97 Å². The predicted octanol–water partition coefficient (Wildman–Crippen LogP) is 2.38. The third-order valence-electron chi connectivity index (χ3n) is 2.21. The average Bonchev–Trinajstić information content (AvgIpc) is 2.40. The number of aromatic nitrogens is 2. The van der Waals surface area contributed by atoms with Crippen molar-refractivity contribution in [2.75, 3.05) is 12.4 Å². The fourth-order valence-electron chi connectivity index (χ4n) is 1.34. The number of hydrogen-bond donors (Lipinski definition) is 1. The van der Waals surface area contributed by atoms with Crippen LogP contribution in [0.1, 0.15) is 5.69 Å². The Bertz CT molecular complexity index is 549. The van der Waals surface area contributed by atoms with Gasteiger partial charge < -0.3 is 10.1 Å². The Labute approximate surface area is 103 Å². The van der Waals surface area contributed by atoms with E-state index in [1.54, 1.807) is 19.3 Å². The van der Waals surface area contributed by atoms with Crippen molar-refractivity contribution < 1.29 is 13.5 Å². The highest BCUT2D eigenvalue weighted by molar-refractivity contribution is 5.26. The van der Waals surface area contributed by atoms with Gasteiger partial charge in [-0.2, -0.15) is 0 Å². The molecule has 1 aromatic heterocycles. The van der Waals surface area contributed by atoms with Crippen molar-refractivity contribution in [3.05, 3.63) is 47.8 Å². The lowest BCUT2D eigenvalue weighted by molar-refractivity contribution is 0.284.